The molecule has 5 rings (SSSR count). The van der Waals surface area contributed by atoms with Crippen molar-refractivity contribution in [3.63, 3.8) is 0 Å². The van der Waals surface area contributed by atoms with E-state index in [1.54, 1.807) is 6.20 Å². The minimum absolute atomic E-state index is 0.0319. The van der Waals surface area contributed by atoms with Crippen molar-refractivity contribution >= 4 is 34.6 Å². The molecule has 0 radical (unpaired) electrons. The molecule has 1 aliphatic carbocycles. The lowest BCUT2D eigenvalue weighted by molar-refractivity contribution is -0.142. The van der Waals surface area contributed by atoms with Crippen molar-refractivity contribution in [2.24, 2.45) is 5.92 Å². The highest BCUT2D eigenvalue weighted by molar-refractivity contribution is 6.33. The van der Waals surface area contributed by atoms with Crippen LogP contribution in [0.5, 0.6) is 0 Å². The van der Waals surface area contributed by atoms with Gasteiger partial charge in [0, 0.05) is 24.7 Å². The molecular weight excluding hydrogens is 390 g/mol. The first kappa shape index (κ1) is 18.2. The van der Waals surface area contributed by atoms with Crippen LogP contribution in [0.25, 0.3) is 5.52 Å². The number of nitrogens with one attached hydrogen (secondary N) is 1. The monoisotopic (exact) mass is 411 g/mol. The number of anilines is 2. The summed E-state index contributed by atoms with van der Waals surface area (Å²) in [6, 6.07) is 5.88. The fraction of sp³-hybridized carbons (Fsp3) is 0.381. The number of carboxylic acid groups (broad SMARTS) is 1. The maximum atomic E-state index is 11.3. The molecule has 1 fully saturated rings. The van der Waals surface area contributed by atoms with Crippen molar-refractivity contribution in [1.29, 1.82) is 0 Å². The van der Waals surface area contributed by atoms with Crippen LogP contribution in [-0.4, -0.2) is 25.4 Å². The quantitative estimate of drug-likeness (QED) is 0.600. The number of aliphatic carboxylic acids is 1. The van der Waals surface area contributed by atoms with Gasteiger partial charge in [-0.2, -0.15) is 0 Å². The number of aromatic nitrogens is 3. The van der Waals surface area contributed by atoms with E-state index < -0.39 is 5.97 Å². The Morgan fingerprint density at radius 3 is 2.79 bits per heavy atom. The normalized spacial score (nSPS) is 23.7. The van der Waals surface area contributed by atoms with Crippen molar-refractivity contribution < 1.29 is 9.90 Å². The average molecular weight is 412 g/mol. The molecule has 4 N–H and O–H groups in total. The second-order valence-electron chi connectivity index (χ2n) is 7.95. The molecule has 0 amide bonds. The van der Waals surface area contributed by atoms with Crippen LogP contribution in [0, 0.1) is 5.92 Å². The number of rotatable bonds is 3. The molecule has 29 heavy (non-hydrogen) atoms. The Balaban J connectivity index is 1.53. The number of nitrogens with zero attached hydrogens (tertiary/aromatic N) is 3. The predicted octanol–water partition coefficient (Wildman–Crippen LogP) is 4.03. The summed E-state index contributed by atoms with van der Waals surface area (Å²) in [4.78, 5) is 20.6. The molecule has 1 aliphatic heterocycles. The summed E-state index contributed by atoms with van der Waals surface area (Å²) in [5.41, 5.74) is 10.1. The van der Waals surface area contributed by atoms with Crippen LogP contribution >= 0.6 is 11.6 Å². The van der Waals surface area contributed by atoms with Gasteiger partial charge in [-0.05, 0) is 37.3 Å². The van der Waals surface area contributed by atoms with E-state index in [9.17, 15) is 9.90 Å². The summed E-state index contributed by atoms with van der Waals surface area (Å²) in [6.45, 7) is 0. The summed E-state index contributed by atoms with van der Waals surface area (Å²) < 4.78 is 2.04. The highest BCUT2D eigenvalue weighted by Gasteiger charge is 2.33. The van der Waals surface area contributed by atoms with Gasteiger partial charge in [0.15, 0.2) is 0 Å². The zero-order valence-corrected chi connectivity index (χ0v) is 16.6. The molecule has 3 heterocycles. The number of imidazole rings is 1. The molecule has 1 aromatic carbocycles. The first-order chi connectivity index (χ1) is 14.0. The SMILES string of the molecule is Nc1nccn2c(C3CCC(C(=O)O)CC3)nc(C3Cc4cccc(Cl)c4N3)c12. The zero-order chi connectivity index (χ0) is 20.1. The van der Waals surface area contributed by atoms with E-state index in [2.05, 4.69) is 16.4 Å². The smallest absolute Gasteiger partial charge is 0.306 e. The van der Waals surface area contributed by atoms with Crippen LogP contribution in [-0.2, 0) is 11.2 Å². The van der Waals surface area contributed by atoms with E-state index in [1.165, 1.54) is 0 Å². The highest BCUT2D eigenvalue weighted by atomic mass is 35.5. The molecule has 8 heteroatoms. The second-order valence-corrected chi connectivity index (χ2v) is 8.36. The first-order valence-electron chi connectivity index (χ1n) is 9.92. The highest BCUT2D eigenvalue weighted by Crippen LogP contribution is 2.42. The molecule has 7 nitrogen and oxygen atoms in total. The lowest BCUT2D eigenvalue weighted by Gasteiger charge is -2.25. The molecule has 1 saturated carbocycles. The van der Waals surface area contributed by atoms with Gasteiger partial charge in [-0.1, -0.05) is 23.7 Å². The molecule has 1 unspecified atom stereocenters. The molecule has 3 aromatic rings. The average Bonchev–Trinajstić information content (AvgIpc) is 3.31. The lowest BCUT2D eigenvalue weighted by atomic mass is 9.81. The van der Waals surface area contributed by atoms with Gasteiger partial charge in [-0.15, -0.1) is 0 Å². The van der Waals surface area contributed by atoms with E-state index >= 15 is 0 Å². The van der Waals surface area contributed by atoms with E-state index in [1.807, 2.05) is 22.7 Å². The number of para-hydroxylation sites is 1. The molecule has 2 aliphatic rings. The third-order valence-corrected chi connectivity index (χ3v) is 6.57. The molecular formula is C21H22ClN5O2. The van der Waals surface area contributed by atoms with Crippen molar-refractivity contribution in [2.75, 3.05) is 11.1 Å². The van der Waals surface area contributed by atoms with Crippen LogP contribution < -0.4 is 11.1 Å². The minimum atomic E-state index is -0.699. The standard InChI is InChI=1S/C21H22ClN5O2/c22-14-3-1-2-13-10-15(25-16(13)14)17-18-19(23)24-8-9-27(18)20(26-17)11-4-6-12(7-5-11)21(28)29/h1-3,8-9,11-12,15,25H,4-7,10H2,(H2,23,24)(H,28,29). The Hall–Kier alpha value is -2.80. The number of fused-ring (bicyclic) bond motifs is 2. The van der Waals surface area contributed by atoms with Crippen LogP contribution in [0.4, 0.5) is 11.5 Å². The second kappa shape index (κ2) is 6.91. The number of hydrogen-bond donors (Lipinski definition) is 3. The van der Waals surface area contributed by atoms with E-state index in [-0.39, 0.29) is 17.9 Å². The maximum absolute atomic E-state index is 11.3. The number of halogens is 1. The van der Waals surface area contributed by atoms with Gasteiger partial charge >= 0.3 is 5.97 Å². The predicted molar refractivity (Wildman–Crippen MR) is 111 cm³/mol. The number of carboxylic acids is 1. The minimum Gasteiger partial charge on any atom is -0.481 e. The summed E-state index contributed by atoms with van der Waals surface area (Å²) >= 11 is 6.36. The van der Waals surface area contributed by atoms with Crippen molar-refractivity contribution in [3.05, 3.63) is 52.7 Å². The van der Waals surface area contributed by atoms with Crippen LogP contribution in [0.2, 0.25) is 5.02 Å². The van der Waals surface area contributed by atoms with Crippen LogP contribution in [0.3, 0.4) is 0 Å². The molecule has 0 spiro atoms. The number of benzene rings is 1. The van der Waals surface area contributed by atoms with Gasteiger partial charge in [-0.25, -0.2) is 9.97 Å². The van der Waals surface area contributed by atoms with Gasteiger partial charge in [0.25, 0.3) is 0 Å². The van der Waals surface area contributed by atoms with Gasteiger partial charge in [0.1, 0.15) is 17.2 Å². The fourth-order valence-corrected chi connectivity index (χ4v) is 5.00. The summed E-state index contributed by atoms with van der Waals surface area (Å²) in [6.07, 6.45) is 7.33. The number of nitrogens with two attached hydrogens (primary N) is 1. The Morgan fingerprint density at radius 1 is 1.28 bits per heavy atom. The third kappa shape index (κ3) is 3.00. The van der Waals surface area contributed by atoms with E-state index in [0.29, 0.717) is 23.7 Å². The molecule has 0 bridgehead atoms. The first-order valence-corrected chi connectivity index (χ1v) is 10.3. The lowest BCUT2D eigenvalue weighted by Crippen LogP contribution is -2.21. The molecule has 0 saturated heterocycles. The van der Waals surface area contributed by atoms with Crippen molar-refractivity contribution in [1.82, 2.24) is 14.4 Å². The van der Waals surface area contributed by atoms with Crippen molar-refractivity contribution in [3.8, 4) is 0 Å². The van der Waals surface area contributed by atoms with Gasteiger partial charge in [-0.3, -0.25) is 9.20 Å². The molecule has 150 valence electrons. The summed E-state index contributed by atoms with van der Waals surface area (Å²) in [7, 11) is 0. The Morgan fingerprint density at radius 2 is 2.07 bits per heavy atom. The van der Waals surface area contributed by atoms with Crippen LogP contribution in [0.15, 0.2) is 30.6 Å². The zero-order valence-electron chi connectivity index (χ0n) is 15.8. The molecule has 1 atom stereocenters. The Bertz CT molecular complexity index is 1100. The Kier molecular flexibility index (Phi) is 4.35. The largest absolute Gasteiger partial charge is 0.481 e. The van der Waals surface area contributed by atoms with Gasteiger partial charge in [0.2, 0.25) is 0 Å². The van der Waals surface area contributed by atoms with Crippen molar-refractivity contribution in [2.45, 2.75) is 44.1 Å². The van der Waals surface area contributed by atoms with Gasteiger partial charge in [0.05, 0.1) is 28.4 Å². The summed E-state index contributed by atoms with van der Waals surface area (Å²) in [5.74, 6) is 0.648. The number of hydrogen-bond acceptors (Lipinski definition) is 5. The fourth-order valence-electron chi connectivity index (χ4n) is 4.76. The topological polar surface area (TPSA) is 106 Å². The maximum Gasteiger partial charge on any atom is 0.306 e. The molecule has 2 aromatic heterocycles. The number of carbonyl (C=O) groups is 1. The van der Waals surface area contributed by atoms with E-state index in [0.717, 1.165) is 47.5 Å². The third-order valence-electron chi connectivity index (χ3n) is 6.25. The Labute approximate surface area is 172 Å². The van der Waals surface area contributed by atoms with E-state index in [4.69, 9.17) is 22.3 Å². The van der Waals surface area contributed by atoms with Crippen LogP contribution in [0.1, 0.15) is 54.7 Å². The van der Waals surface area contributed by atoms with Gasteiger partial charge < -0.3 is 16.2 Å². The summed E-state index contributed by atoms with van der Waals surface area (Å²) in [5, 5.41) is 13.5. The number of nitrogen functional groups attached to an aromatic ring is 1.